The maximum absolute atomic E-state index is 13.5. The van der Waals surface area contributed by atoms with Crippen molar-refractivity contribution in [3.63, 3.8) is 0 Å². The van der Waals surface area contributed by atoms with Crippen LogP contribution in [0.25, 0.3) is 0 Å². The Labute approximate surface area is 183 Å². The number of likely N-dealkylation sites (tertiary alicyclic amines) is 1. The molecule has 166 valence electrons. The van der Waals surface area contributed by atoms with E-state index in [0.717, 1.165) is 11.1 Å². The lowest BCUT2D eigenvalue weighted by Gasteiger charge is -2.42. The SMILES string of the molecule is Cc1ccc(CN2CC3(CCN(C(=O)N(C)C)CC3)Oc3ncccc3S2(=O)=O)cc1. The molecule has 2 amide bonds. The Balaban J connectivity index is 1.67. The van der Waals surface area contributed by atoms with Gasteiger partial charge in [-0.2, -0.15) is 4.31 Å². The molecule has 3 heterocycles. The van der Waals surface area contributed by atoms with Gasteiger partial charge in [-0.15, -0.1) is 0 Å². The molecule has 2 aliphatic rings. The van der Waals surface area contributed by atoms with Crippen LogP contribution < -0.4 is 4.74 Å². The van der Waals surface area contributed by atoms with E-state index in [2.05, 4.69) is 4.98 Å². The Morgan fingerprint density at radius 1 is 1.16 bits per heavy atom. The number of aryl methyl sites for hydroxylation is 1. The summed E-state index contributed by atoms with van der Waals surface area (Å²) in [6.45, 7) is 3.46. The Kier molecular flexibility index (Phi) is 5.65. The Morgan fingerprint density at radius 3 is 2.48 bits per heavy atom. The van der Waals surface area contributed by atoms with Gasteiger partial charge in [-0.1, -0.05) is 29.8 Å². The fourth-order valence-electron chi connectivity index (χ4n) is 4.12. The van der Waals surface area contributed by atoms with E-state index in [1.807, 2.05) is 31.2 Å². The molecule has 1 spiro atoms. The molecule has 0 bridgehead atoms. The zero-order chi connectivity index (χ0) is 22.2. The van der Waals surface area contributed by atoms with Crippen molar-refractivity contribution < 1.29 is 17.9 Å². The number of rotatable bonds is 2. The summed E-state index contributed by atoms with van der Waals surface area (Å²) in [5.41, 5.74) is 1.30. The number of hydrogen-bond acceptors (Lipinski definition) is 5. The van der Waals surface area contributed by atoms with Crippen molar-refractivity contribution in [3.8, 4) is 5.88 Å². The van der Waals surface area contributed by atoms with Gasteiger partial charge >= 0.3 is 6.03 Å². The zero-order valence-corrected chi connectivity index (χ0v) is 18.9. The van der Waals surface area contributed by atoms with Crippen LogP contribution >= 0.6 is 0 Å². The van der Waals surface area contributed by atoms with Gasteiger partial charge in [0.25, 0.3) is 0 Å². The lowest BCUT2D eigenvalue weighted by atomic mass is 9.90. The summed E-state index contributed by atoms with van der Waals surface area (Å²) in [4.78, 5) is 20.0. The molecule has 0 unspecified atom stereocenters. The minimum Gasteiger partial charge on any atom is -0.469 e. The van der Waals surface area contributed by atoms with Crippen molar-refractivity contribution in [2.24, 2.45) is 0 Å². The zero-order valence-electron chi connectivity index (χ0n) is 18.1. The van der Waals surface area contributed by atoms with Gasteiger partial charge in [-0.05, 0) is 24.6 Å². The summed E-state index contributed by atoms with van der Waals surface area (Å²) in [7, 11) is -0.335. The molecule has 2 aliphatic heterocycles. The third kappa shape index (κ3) is 4.24. The number of urea groups is 1. The minimum atomic E-state index is -3.79. The van der Waals surface area contributed by atoms with Crippen LogP contribution in [-0.4, -0.2) is 72.9 Å². The number of hydrogen-bond donors (Lipinski definition) is 0. The smallest absolute Gasteiger partial charge is 0.319 e. The number of piperidine rings is 1. The van der Waals surface area contributed by atoms with Crippen molar-refractivity contribution in [2.75, 3.05) is 33.7 Å². The van der Waals surface area contributed by atoms with Crippen LogP contribution in [0.3, 0.4) is 0 Å². The predicted octanol–water partition coefficient (Wildman–Crippen LogP) is 2.49. The van der Waals surface area contributed by atoms with Crippen LogP contribution in [0.15, 0.2) is 47.5 Å². The number of pyridine rings is 1. The molecule has 0 atom stereocenters. The lowest BCUT2D eigenvalue weighted by molar-refractivity contribution is -0.00684. The highest BCUT2D eigenvalue weighted by Crippen LogP contribution is 2.38. The van der Waals surface area contributed by atoms with Gasteiger partial charge in [0.15, 0.2) is 0 Å². The summed E-state index contributed by atoms with van der Waals surface area (Å²) >= 11 is 0. The van der Waals surface area contributed by atoms with Gasteiger partial charge in [-0.3, -0.25) is 0 Å². The summed E-state index contributed by atoms with van der Waals surface area (Å²) in [6.07, 6.45) is 2.60. The monoisotopic (exact) mass is 444 g/mol. The summed E-state index contributed by atoms with van der Waals surface area (Å²) in [6, 6.07) is 11.0. The van der Waals surface area contributed by atoms with Crippen molar-refractivity contribution in [2.45, 2.75) is 36.8 Å². The largest absolute Gasteiger partial charge is 0.469 e. The summed E-state index contributed by atoms with van der Waals surface area (Å²) in [5.74, 6) is 0.140. The van der Waals surface area contributed by atoms with Gasteiger partial charge in [0.1, 0.15) is 10.5 Å². The molecular formula is C22H28N4O4S. The van der Waals surface area contributed by atoms with E-state index in [4.69, 9.17) is 4.74 Å². The molecule has 0 aliphatic carbocycles. The van der Waals surface area contributed by atoms with Crippen LogP contribution in [0, 0.1) is 6.92 Å². The van der Waals surface area contributed by atoms with E-state index < -0.39 is 15.6 Å². The third-order valence-electron chi connectivity index (χ3n) is 5.94. The molecule has 1 aromatic heterocycles. The van der Waals surface area contributed by atoms with E-state index in [-0.39, 0.29) is 29.9 Å². The van der Waals surface area contributed by atoms with Crippen LogP contribution in [0.2, 0.25) is 0 Å². The second kappa shape index (κ2) is 8.12. The highest BCUT2D eigenvalue weighted by Gasteiger charge is 2.46. The molecule has 1 aromatic carbocycles. The number of carbonyl (C=O) groups excluding carboxylic acids is 1. The van der Waals surface area contributed by atoms with Crippen molar-refractivity contribution in [1.82, 2.24) is 19.1 Å². The van der Waals surface area contributed by atoms with E-state index in [1.54, 1.807) is 42.2 Å². The van der Waals surface area contributed by atoms with E-state index in [0.29, 0.717) is 25.9 Å². The normalized spacial score (nSPS) is 19.9. The van der Waals surface area contributed by atoms with Gasteiger partial charge in [0, 0.05) is 52.8 Å². The highest BCUT2D eigenvalue weighted by atomic mass is 32.2. The molecule has 0 N–H and O–H groups in total. The van der Waals surface area contributed by atoms with Gasteiger partial charge < -0.3 is 14.5 Å². The van der Waals surface area contributed by atoms with Gasteiger partial charge in [0.05, 0.1) is 6.54 Å². The van der Waals surface area contributed by atoms with Crippen LogP contribution in [-0.2, 0) is 16.6 Å². The van der Waals surface area contributed by atoms with E-state index >= 15 is 0 Å². The van der Waals surface area contributed by atoms with Crippen LogP contribution in [0.4, 0.5) is 4.79 Å². The number of ether oxygens (including phenoxy) is 1. The summed E-state index contributed by atoms with van der Waals surface area (Å²) < 4.78 is 34.8. The van der Waals surface area contributed by atoms with Crippen LogP contribution in [0.1, 0.15) is 24.0 Å². The fourth-order valence-corrected chi connectivity index (χ4v) is 5.69. The molecule has 0 radical (unpaired) electrons. The quantitative estimate of drug-likeness (QED) is 0.711. The fraction of sp³-hybridized carbons (Fsp3) is 0.455. The van der Waals surface area contributed by atoms with E-state index in [1.165, 1.54) is 4.31 Å². The second-order valence-electron chi connectivity index (χ2n) is 8.51. The average molecular weight is 445 g/mol. The number of aromatic nitrogens is 1. The number of carbonyl (C=O) groups is 1. The van der Waals surface area contributed by atoms with Crippen molar-refractivity contribution in [3.05, 3.63) is 53.7 Å². The first-order valence-corrected chi connectivity index (χ1v) is 11.8. The topological polar surface area (TPSA) is 83.0 Å². The molecule has 4 rings (SSSR count). The highest BCUT2D eigenvalue weighted by molar-refractivity contribution is 7.89. The Morgan fingerprint density at radius 2 is 1.84 bits per heavy atom. The number of amides is 2. The first-order chi connectivity index (χ1) is 14.7. The number of benzene rings is 1. The number of fused-ring (bicyclic) bond motifs is 1. The molecule has 1 fully saturated rings. The minimum absolute atomic E-state index is 0.0499. The maximum atomic E-state index is 13.5. The maximum Gasteiger partial charge on any atom is 0.319 e. The van der Waals surface area contributed by atoms with Crippen LogP contribution in [0.5, 0.6) is 5.88 Å². The molecule has 9 heteroatoms. The van der Waals surface area contributed by atoms with Gasteiger partial charge in [-0.25, -0.2) is 18.2 Å². The molecule has 31 heavy (non-hydrogen) atoms. The average Bonchev–Trinajstić information content (AvgIpc) is 2.83. The van der Waals surface area contributed by atoms with Gasteiger partial charge in [0.2, 0.25) is 15.9 Å². The number of sulfonamides is 1. The third-order valence-corrected chi connectivity index (χ3v) is 7.74. The first-order valence-electron chi connectivity index (χ1n) is 10.4. The first kappa shape index (κ1) is 21.6. The Bertz CT molecular complexity index is 1060. The van der Waals surface area contributed by atoms with E-state index in [9.17, 15) is 13.2 Å². The molecule has 2 aromatic rings. The Hall–Kier alpha value is -2.65. The van der Waals surface area contributed by atoms with Crippen molar-refractivity contribution in [1.29, 1.82) is 0 Å². The molecule has 8 nitrogen and oxygen atoms in total. The number of nitrogens with zero attached hydrogens (tertiary/aromatic N) is 4. The second-order valence-corrected chi connectivity index (χ2v) is 10.4. The molecule has 0 saturated carbocycles. The molecule has 1 saturated heterocycles. The molecular weight excluding hydrogens is 416 g/mol. The lowest BCUT2D eigenvalue weighted by Crippen LogP contribution is -2.56. The van der Waals surface area contributed by atoms with Crippen molar-refractivity contribution >= 4 is 16.1 Å². The predicted molar refractivity (Wildman–Crippen MR) is 116 cm³/mol. The standard InChI is InChI=1S/C22H28N4O4S/c1-17-6-8-18(9-7-17)15-26-16-22(10-13-25(14-11-22)21(27)24(2)3)30-20-19(31(26,28)29)5-4-12-23-20/h4-9,12H,10-11,13-16H2,1-3H3. The summed E-state index contributed by atoms with van der Waals surface area (Å²) in [5, 5.41) is 0.